The lowest BCUT2D eigenvalue weighted by Gasteiger charge is -2.14. The van der Waals surface area contributed by atoms with Gasteiger partial charge in [-0.3, -0.25) is 4.57 Å². The average molecular weight is 491 g/mol. The molecule has 34 heavy (non-hydrogen) atoms. The smallest absolute Gasteiger partial charge is 0.416 e. The summed E-state index contributed by atoms with van der Waals surface area (Å²) in [7, 11) is 1.56. The number of hydrogen-bond donors (Lipinski definition) is 0. The lowest BCUT2D eigenvalue weighted by atomic mass is 10.2. The third-order valence-corrected chi connectivity index (χ3v) is 5.76. The quantitative estimate of drug-likeness (QED) is 0.302. The molecule has 0 aliphatic rings. The van der Waals surface area contributed by atoms with Crippen molar-refractivity contribution in [2.24, 2.45) is 0 Å². The van der Waals surface area contributed by atoms with Gasteiger partial charge in [-0.25, -0.2) is 0 Å². The highest BCUT2D eigenvalue weighted by Crippen LogP contribution is 2.36. The highest BCUT2D eigenvalue weighted by atomic mass is 32.2. The van der Waals surface area contributed by atoms with Crippen molar-refractivity contribution in [2.75, 3.05) is 7.11 Å². The van der Waals surface area contributed by atoms with Crippen molar-refractivity contribution in [3.05, 3.63) is 71.7 Å². The maximum Gasteiger partial charge on any atom is 0.416 e. The summed E-state index contributed by atoms with van der Waals surface area (Å²) in [4.78, 5) is 0. The molecule has 0 aliphatic heterocycles. The summed E-state index contributed by atoms with van der Waals surface area (Å²) in [6, 6.07) is 11.9. The largest absolute Gasteiger partial charge is 0.497 e. The Morgan fingerprint density at radius 2 is 1.76 bits per heavy atom. The van der Waals surface area contributed by atoms with Crippen molar-refractivity contribution < 1.29 is 27.1 Å². The first-order chi connectivity index (χ1) is 16.2. The molecule has 2 aromatic carbocycles. The Balaban J connectivity index is 1.66. The number of alkyl halides is 3. The SMILES string of the molecule is COc1ccc(OCc2nnc(SC(C)c3nnc(C)o3)n2-c2cccc(C(F)(F)F)c2)cc1. The number of ether oxygens (including phenoxy) is 2. The Labute approximate surface area is 197 Å². The maximum absolute atomic E-state index is 13.4. The van der Waals surface area contributed by atoms with Crippen LogP contribution in [0.1, 0.15) is 35.3 Å². The van der Waals surface area contributed by atoms with Crippen molar-refractivity contribution in [1.29, 1.82) is 0 Å². The van der Waals surface area contributed by atoms with E-state index < -0.39 is 11.7 Å². The molecular weight excluding hydrogens is 471 g/mol. The molecule has 0 amide bonds. The Morgan fingerprint density at radius 3 is 2.41 bits per heavy atom. The molecule has 12 heteroatoms. The Hall–Kier alpha value is -3.54. The summed E-state index contributed by atoms with van der Waals surface area (Å²) in [5.41, 5.74) is -0.526. The van der Waals surface area contributed by atoms with E-state index in [0.717, 1.165) is 12.1 Å². The number of halogens is 3. The highest BCUT2D eigenvalue weighted by Gasteiger charge is 2.31. The van der Waals surface area contributed by atoms with Gasteiger partial charge in [-0.1, -0.05) is 17.8 Å². The van der Waals surface area contributed by atoms with E-state index in [4.69, 9.17) is 13.9 Å². The lowest BCUT2D eigenvalue weighted by Crippen LogP contribution is -2.10. The number of aromatic nitrogens is 5. The van der Waals surface area contributed by atoms with Gasteiger partial charge >= 0.3 is 6.18 Å². The third kappa shape index (κ3) is 5.33. The van der Waals surface area contributed by atoms with Crippen LogP contribution in [0.2, 0.25) is 0 Å². The van der Waals surface area contributed by atoms with Crippen LogP contribution in [0.4, 0.5) is 13.2 Å². The van der Waals surface area contributed by atoms with Crippen LogP contribution in [-0.4, -0.2) is 32.1 Å². The number of thioether (sulfide) groups is 1. The van der Waals surface area contributed by atoms with Crippen LogP contribution in [0.25, 0.3) is 5.69 Å². The van der Waals surface area contributed by atoms with Crippen molar-refractivity contribution in [3.8, 4) is 17.2 Å². The number of aryl methyl sites for hydroxylation is 1. The molecule has 4 aromatic rings. The number of benzene rings is 2. The van der Waals surface area contributed by atoms with Gasteiger partial charge < -0.3 is 13.9 Å². The van der Waals surface area contributed by atoms with E-state index in [1.807, 2.05) is 6.92 Å². The van der Waals surface area contributed by atoms with Crippen molar-refractivity contribution in [2.45, 2.75) is 37.0 Å². The van der Waals surface area contributed by atoms with Crippen LogP contribution in [0, 0.1) is 6.92 Å². The van der Waals surface area contributed by atoms with Gasteiger partial charge in [0.1, 0.15) is 18.1 Å². The van der Waals surface area contributed by atoms with Crippen LogP contribution in [0.5, 0.6) is 11.5 Å². The zero-order valence-electron chi connectivity index (χ0n) is 18.4. The predicted molar refractivity (Wildman–Crippen MR) is 117 cm³/mol. The molecule has 4 rings (SSSR count). The third-order valence-electron chi connectivity index (χ3n) is 4.73. The van der Waals surface area contributed by atoms with Gasteiger partial charge in [0.2, 0.25) is 11.8 Å². The lowest BCUT2D eigenvalue weighted by molar-refractivity contribution is -0.137. The second-order valence-corrected chi connectivity index (χ2v) is 8.47. The summed E-state index contributed by atoms with van der Waals surface area (Å²) in [5.74, 6) is 2.32. The van der Waals surface area contributed by atoms with E-state index in [-0.39, 0.29) is 17.5 Å². The second kappa shape index (κ2) is 9.75. The average Bonchev–Trinajstić information content (AvgIpc) is 3.43. The van der Waals surface area contributed by atoms with Crippen LogP contribution >= 0.6 is 11.8 Å². The Bertz CT molecular complexity index is 1260. The summed E-state index contributed by atoms with van der Waals surface area (Å²) < 4.78 is 58.0. The van der Waals surface area contributed by atoms with Gasteiger partial charge in [0.15, 0.2) is 11.0 Å². The zero-order valence-corrected chi connectivity index (χ0v) is 19.2. The number of nitrogens with zero attached hydrogens (tertiary/aromatic N) is 5. The molecule has 0 saturated heterocycles. The number of rotatable bonds is 8. The molecule has 2 heterocycles. The fraction of sp³-hybridized carbons (Fsp3) is 0.273. The molecule has 0 bridgehead atoms. The Morgan fingerprint density at radius 1 is 1.03 bits per heavy atom. The fourth-order valence-electron chi connectivity index (χ4n) is 3.06. The van der Waals surface area contributed by atoms with E-state index >= 15 is 0 Å². The standard InChI is InChI=1S/C22H20F3N5O3S/c1-13(20-28-26-14(2)33-20)34-21-29-27-19(12-32-18-9-7-17(31-3)8-10-18)30(21)16-6-4-5-15(11-16)22(23,24)25/h4-11,13H,12H2,1-3H3. The molecule has 2 aromatic heterocycles. The zero-order chi connectivity index (χ0) is 24.3. The van der Waals surface area contributed by atoms with Gasteiger partial charge in [-0.05, 0) is 49.4 Å². The molecule has 1 atom stereocenters. The van der Waals surface area contributed by atoms with E-state index in [2.05, 4.69) is 20.4 Å². The highest BCUT2D eigenvalue weighted by molar-refractivity contribution is 7.99. The molecule has 178 valence electrons. The number of methoxy groups -OCH3 is 1. The molecule has 0 saturated carbocycles. The van der Waals surface area contributed by atoms with E-state index in [1.54, 1.807) is 44.4 Å². The molecule has 0 fully saturated rings. The predicted octanol–water partition coefficient (Wildman–Crippen LogP) is 5.42. The first kappa shape index (κ1) is 23.6. The van der Waals surface area contributed by atoms with E-state index in [1.165, 1.54) is 22.4 Å². The normalized spacial score (nSPS) is 12.5. The minimum atomic E-state index is -4.49. The topological polar surface area (TPSA) is 88.1 Å². The summed E-state index contributed by atoms with van der Waals surface area (Å²) in [6.07, 6.45) is -4.49. The van der Waals surface area contributed by atoms with Gasteiger partial charge in [0.25, 0.3) is 0 Å². The summed E-state index contributed by atoms with van der Waals surface area (Å²) >= 11 is 1.23. The molecule has 8 nitrogen and oxygen atoms in total. The summed E-state index contributed by atoms with van der Waals surface area (Å²) in [5, 5.41) is 16.3. The van der Waals surface area contributed by atoms with Crippen molar-refractivity contribution >= 4 is 11.8 Å². The van der Waals surface area contributed by atoms with Gasteiger partial charge in [-0.2, -0.15) is 13.2 Å². The van der Waals surface area contributed by atoms with Gasteiger partial charge in [0, 0.05) is 6.92 Å². The van der Waals surface area contributed by atoms with Crippen LogP contribution in [0.3, 0.4) is 0 Å². The van der Waals surface area contributed by atoms with Gasteiger partial charge in [-0.15, -0.1) is 20.4 Å². The molecule has 0 aliphatic carbocycles. The van der Waals surface area contributed by atoms with E-state index in [9.17, 15) is 13.2 Å². The first-order valence-corrected chi connectivity index (χ1v) is 11.0. The summed E-state index contributed by atoms with van der Waals surface area (Å²) in [6.45, 7) is 3.48. The first-order valence-electron chi connectivity index (χ1n) is 10.1. The fourth-order valence-corrected chi connectivity index (χ4v) is 3.97. The van der Waals surface area contributed by atoms with Gasteiger partial charge in [0.05, 0.1) is 23.6 Å². The molecule has 1 unspecified atom stereocenters. The second-order valence-electron chi connectivity index (χ2n) is 7.17. The maximum atomic E-state index is 13.4. The monoisotopic (exact) mass is 491 g/mol. The number of hydrogen-bond acceptors (Lipinski definition) is 8. The van der Waals surface area contributed by atoms with E-state index in [0.29, 0.717) is 34.3 Å². The molecular formula is C22H20F3N5O3S. The van der Waals surface area contributed by atoms with Crippen molar-refractivity contribution in [3.63, 3.8) is 0 Å². The van der Waals surface area contributed by atoms with Crippen molar-refractivity contribution in [1.82, 2.24) is 25.0 Å². The van der Waals surface area contributed by atoms with Crippen LogP contribution in [-0.2, 0) is 12.8 Å². The van der Waals surface area contributed by atoms with Crippen LogP contribution < -0.4 is 9.47 Å². The molecule has 0 radical (unpaired) electrons. The minimum Gasteiger partial charge on any atom is -0.497 e. The molecule has 0 spiro atoms. The van der Waals surface area contributed by atoms with Crippen LogP contribution in [0.15, 0.2) is 58.1 Å². The Kier molecular flexibility index (Phi) is 6.77. The molecule has 0 N–H and O–H groups in total. The minimum absolute atomic E-state index is 0.0236.